The Labute approximate surface area is 123 Å². The van der Waals surface area contributed by atoms with Crippen molar-refractivity contribution in [1.82, 2.24) is 9.59 Å². The fourth-order valence-corrected chi connectivity index (χ4v) is 1.97. The molecule has 1 aromatic heterocycles. The number of benzene rings is 1. The molecule has 0 aliphatic rings. The van der Waals surface area contributed by atoms with Gasteiger partial charge in [0.15, 0.2) is 0 Å². The van der Waals surface area contributed by atoms with Crippen molar-refractivity contribution in [3.05, 3.63) is 34.8 Å². The van der Waals surface area contributed by atoms with Crippen LogP contribution in [0.3, 0.4) is 0 Å². The number of anilines is 2. The van der Waals surface area contributed by atoms with Crippen LogP contribution in [0.15, 0.2) is 24.4 Å². The van der Waals surface area contributed by atoms with Crippen LogP contribution in [0.2, 0.25) is 0 Å². The molecule has 0 atom stereocenters. The van der Waals surface area contributed by atoms with Crippen LogP contribution in [-0.2, 0) is 4.79 Å². The summed E-state index contributed by atoms with van der Waals surface area (Å²) in [4.78, 5) is 34.3. The van der Waals surface area contributed by atoms with Crippen LogP contribution in [0.1, 0.15) is 27.0 Å². The van der Waals surface area contributed by atoms with E-state index >= 15 is 0 Å². The first-order valence-electron chi connectivity index (χ1n) is 5.71. The molecule has 0 fully saturated rings. The predicted molar refractivity (Wildman–Crippen MR) is 75.6 cm³/mol. The van der Waals surface area contributed by atoms with E-state index in [-0.39, 0.29) is 22.0 Å². The van der Waals surface area contributed by atoms with E-state index in [1.54, 1.807) is 0 Å². The molecule has 1 aromatic carbocycles. The SMILES string of the molecule is CC(=O)Nc1ccc(NC(=O)c2cnns2)c(C(=O)O)c1. The first-order valence-corrected chi connectivity index (χ1v) is 6.48. The number of rotatable bonds is 4. The molecule has 21 heavy (non-hydrogen) atoms. The summed E-state index contributed by atoms with van der Waals surface area (Å²) in [6.07, 6.45) is 1.28. The molecule has 0 saturated carbocycles. The Morgan fingerprint density at radius 1 is 1.24 bits per heavy atom. The second kappa shape index (κ2) is 6.09. The first-order chi connectivity index (χ1) is 9.97. The molecule has 0 radical (unpaired) electrons. The summed E-state index contributed by atoms with van der Waals surface area (Å²) < 4.78 is 3.56. The highest BCUT2D eigenvalue weighted by molar-refractivity contribution is 7.07. The smallest absolute Gasteiger partial charge is 0.337 e. The molecule has 0 bridgehead atoms. The average molecular weight is 306 g/mol. The van der Waals surface area contributed by atoms with Gasteiger partial charge in [0.2, 0.25) is 5.91 Å². The Hall–Kier alpha value is -2.81. The van der Waals surface area contributed by atoms with Gasteiger partial charge >= 0.3 is 5.97 Å². The number of hydrogen-bond acceptors (Lipinski definition) is 6. The molecule has 2 rings (SSSR count). The van der Waals surface area contributed by atoms with E-state index in [0.29, 0.717) is 5.69 Å². The van der Waals surface area contributed by atoms with Crippen molar-refractivity contribution in [3.8, 4) is 0 Å². The minimum absolute atomic E-state index is 0.120. The summed E-state index contributed by atoms with van der Waals surface area (Å²) >= 11 is 0.899. The molecule has 0 unspecified atom stereocenters. The number of amides is 2. The molecule has 2 amide bonds. The van der Waals surface area contributed by atoms with Crippen LogP contribution in [0.25, 0.3) is 0 Å². The standard InChI is InChI=1S/C12H10N4O4S/c1-6(17)14-7-2-3-9(8(4-7)12(19)20)15-11(18)10-5-13-16-21-10/h2-5H,1H3,(H,14,17)(H,15,18)(H,19,20). The van der Waals surface area contributed by atoms with Crippen molar-refractivity contribution >= 4 is 40.7 Å². The number of carboxylic acid groups (broad SMARTS) is 1. The van der Waals surface area contributed by atoms with E-state index in [9.17, 15) is 19.5 Å². The van der Waals surface area contributed by atoms with E-state index in [2.05, 4.69) is 20.2 Å². The van der Waals surface area contributed by atoms with Gasteiger partial charge < -0.3 is 15.7 Å². The zero-order valence-electron chi connectivity index (χ0n) is 10.8. The van der Waals surface area contributed by atoms with Gasteiger partial charge in [0.05, 0.1) is 17.4 Å². The summed E-state index contributed by atoms with van der Waals surface area (Å²) in [6.45, 7) is 1.31. The fraction of sp³-hybridized carbons (Fsp3) is 0.0833. The Morgan fingerprint density at radius 2 is 2.00 bits per heavy atom. The maximum absolute atomic E-state index is 11.9. The van der Waals surface area contributed by atoms with E-state index in [0.717, 1.165) is 11.5 Å². The summed E-state index contributed by atoms with van der Waals surface area (Å²) in [5, 5.41) is 17.7. The Balaban J connectivity index is 2.28. The van der Waals surface area contributed by atoms with Gasteiger partial charge in [0.25, 0.3) is 5.91 Å². The third-order valence-corrected chi connectivity index (χ3v) is 3.07. The zero-order chi connectivity index (χ0) is 15.4. The maximum atomic E-state index is 11.9. The first kappa shape index (κ1) is 14.6. The van der Waals surface area contributed by atoms with Crippen LogP contribution < -0.4 is 10.6 Å². The molecule has 2 aromatic rings. The highest BCUT2D eigenvalue weighted by atomic mass is 32.1. The van der Waals surface area contributed by atoms with Gasteiger partial charge in [0.1, 0.15) is 4.88 Å². The van der Waals surface area contributed by atoms with E-state index in [4.69, 9.17) is 0 Å². The third-order valence-electron chi connectivity index (χ3n) is 2.40. The second-order valence-corrected chi connectivity index (χ2v) is 4.77. The van der Waals surface area contributed by atoms with Gasteiger partial charge in [-0.1, -0.05) is 4.49 Å². The summed E-state index contributed by atoms with van der Waals surface area (Å²) in [5.41, 5.74) is 0.319. The van der Waals surface area contributed by atoms with Gasteiger partial charge in [0, 0.05) is 12.6 Å². The van der Waals surface area contributed by atoms with Gasteiger partial charge in [-0.25, -0.2) is 4.79 Å². The minimum Gasteiger partial charge on any atom is -0.478 e. The number of carboxylic acids is 1. The molecule has 3 N–H and O–H groups in total. The Bertz CT molecular complexity index is 699. The van der Waals surface area contributed by atoms with Crippen LogP contribution in [0.5, 0.6) is 0 Å². The maximum Gasteiger partial charge on any atom is 0.337 e. The highest BCUT2D eigenvalue weighted by Gasteiger charge is 2.16. The lowest BCUT2D eigenvalue weighted by Crippen LogP contribution is -2.14. The van der Waals surface area contributed by atoms with Crippen molar-refractivity contribution in [3.63, 3.8) is 0 Å². The number of aromatic carboxylic acids is 1. The topological polar surface area (TPSA) is 121 Å². The van der Waals surface area contributed by atoms with E-state index in [1.807, 2.05) is 0 Å². The molecular formula is C12H10N4O4S. The van der Waals surface area contributed by atoms with Crippen LogP contribution >= 0.6 is 11.5 Å². The predicted octanol–water partition coefficient (Wildman–Crippen LogP) is 1.45. The number of hydrogen-bond donors (Lipinski definition) is 3. The third kappa shape index (κ3) is 3.60. The minimum atomic E-state index is -1.22. The van der Waals surface area contributed by atoms with E-state index < -0.39 is 11.9 Å². The van der Waals surface area contributed by atoms with Gasteiger partial charge in [-0.3, -0.25) is 9.59 Å². The average Bonchev–Trinajstić information content (AvgIpc) is 2.93. The number of carbonyl (C=O) groups is 3. The second-order valence-electron chi connectivity index (χ2n) is 3.98. The van der Waals surface area contributed by atoms with Gasteiger partial charge in [-0.15, -0.1) is 5.10 Å². The Morgan fingerprint density at radius 3 is 2.57 bits per heavy atom. The highest BCUT2D eigenvalue weighted by Crippen LogP contribution is 2.22. The number of nitrogens with zero attached hydrogens (tertiary/aromatic N) is 2. The van der Waals surface area contributed by atoms with Crippen molar-refractivity contribution in [1.29, 1.82) is 0 Å². The molecule has 0 aliphatic carbocycles. The number of aromatic nitrogens is 2. The molecule has 0 spiro atoms. The molecule has 0 aliphatic heterocycles. The molecule has 9 heteroatoms. The van der Waals surface area contributed by atoms with Crippen molar-refractivity contribution in [2.75, 3.05) is 10.6 Å². The zero-order valence-corrected chi connectivity index (χ0v) is 11.6. The molecule has 8 nitrogen and oxygen atoms in total. The molecule has 0 saturated heterocycles. The van der Waals surface area contributed by atoms with E-state index in [1.165, 1.54) is 31.3 Å². The largest absolute Gasteiger partial charge is 0.478 e. The fourth-order valence-electron chi connectivity index (χ4n) is 1.56. The molecule has 1 heterocycles. The number of nitrogens with one attached hydrogen (secondary N) is 2. The lowest BCUT2D eigenvalue weighted by molar-refractivity contribution is -0.114. The monoisotopic (exact) mass is 306 g/mol. The number of carbonyl (C=O) groups excluding carboxylic acids is 2. The summed E-state index contributed by atoms with van der Waals surface area (Å²) in [7, 11) is 0. The quantitative estimate of drug-likeness (QED) is 0.786. The van der Waals surface area contributed by atoms with Crippen LogP contribution in [0, 0.1) is 0 Å². The normalized spacial score (nSPS) is 9.95. The van der Waals surface area contributed by atoms with Gasteiger partial charge in [-0.05, 0) is 29.7 Å². The summed E-state index contributed by atoms with van der Waals surface area (Å²) in [5.74, 6) is -2.04. The van der Waals surface area contributed by atoms with Crippen molar-refractivity contribution in [2.45, 2.75) is 6.92 Å². The molecule has 108 valence electrons. The Kier molecular flexibility index (Phi) is 4.24. The van der Waals surface area contributed by atoms with Gasteiger partial charge in [-0.2, -0.15) is 0 Å². The van der Waals surface area contributed by atoms with Crippen LogP contribution in [-0.4, -0.2) is 32.5 Å². The lowest BCUT2D eigenvalue weighted by atomic mass is 10.1. The van der Waals surface area contributed by atoms with Crippen molar-refractivity contribution < 1.29 is 19.5 Å². The molecular weight excluding hydrogens is 296 g/mol. The van der Waals surface area contributed by atoms with Crippen LogP contribution in [0.4, 0.5) is 11.4 Å². The van der Waals surface area contributed by atoms with Crippen molar-refractivity contribution in [2.24, 2.45) is 0 Å². The lowest BCUT2D eigenvalue weighted by Gasteiger charge is -2.09. The summed E-state index contributed by atoms with van der Waals surface area (Å²) in [6, 6.07) is 4.17.